The number of aliphatic carboxylic acids is 2. The first kappa shape index (κ1) is 19.1. The molecule has 0 fully saturated rings. The molecule has 0 aromatic rings. The van der Waals surface area contributed by atoms with Gasteiger partial charge in [0.15, 0.2) is 0 Å². The fraction of sp³-hybridized carbons (Fsp3) is 0.750. The van der Waals surface area contributed by atoms with Gasteiger partial charge in [-0.1, -0.05) is 13.8 Å². The lowest BCUT2D eigenvalue weighted by Gasteiger charge is -2.21. The third-order valence-corrected chi connectivity index (χ3v) is 2.70. The Morgan fingerprint density at radius 3 is 2.00 bits per heavy atom. The Bertz CT molecular complexity index is 362. The summed E-state index contributed by atoms with van der Waals surface area (Å²) in [6.45, 7) is 4.01. The first-order valence-corrected chi connectivity index (χ1v) is 6.74. The van der Waals surface area contributed by atoms with Crippen LogP contribution in [-0.4, -0.2) is 46.8 Å². The van der Waals surface area contributed by atoms with Gasteiger partial charge < -0.3 is 21.3 Å². The zero-order chi connectivity index (χ0) is 16.4. The molecule has 0 saturated heterocycles. The Morgan fingerprint density at radius 1 is 1.05 bits per heavy atom. The zero-order valence-corrected chi connectivity index (χ0v) is 12.3. The average Bonchev–Trinajstić information content (AvgIpc) is 2.34. The smallest absolute Gasteiger partial charge is 0.322 e. The molecule has 0 heterocycles. The maximum Gasteiger partial charge on any atom is 0.322 e. The number of primary amides is 1. The minimum absolute atomic E-state index is 0.156. The molecule has 0 aliphatic rings. The molecular formula is C12H24N4O5. The molecule has 0 bridgehead atoms. The maximum atomic E-state index is 11.1. The summed E-state index contributed by atoms with van der Waals surface area (Å²) in [5.41, 5.74) is 9.95. The highest BCUT2D eigenvalue weighted by Crippen LogP contribution is 2.05. The van der Waals surface area contributed by atoms with Gasteiger partial charge in [0.25, 0.3) is 0 Å². The van der Waals surface area contributed by atoms with E-state index in [0.29, 0.717) is 12.8 Å². The number of carboxylic acids is 2. The molecule has 0 saturated carbocycles. The molecule has 0 unspecified atom stereocenters. The van der Waals surface area contributed by atoms with Gasteiger partial charge in [-0.25, -0.2) is 15.6 Å². The van der Waals surface area contributed by atoms with E-state index < -0.39 is 30.1 Å². The molecule has 21 heavy (non-hydrogen) atoms. The number of carbonyl (C=O) groups is 3. The van der Waals surface area contributed by atoms with Crippen molar-refractivity contribution in [1.82, 2.24) is 16.2 Å². The van der Waals surface area contributed by atoms with Gasteiger partial charge >= 0.3 is 18.0 Å². The van der Waals surface area contributed by atoms with E-state index in [4.69, 9.17) is 15.9 Å². The van der Waals surface area contributed by atoms with Crippen LogP contribution in [0.5, 0.6) is 0 Å². The fourth-order valence-electron chi connectivity index (χ4n) is 1.67. The fourth-order valence-corrected chi connectivity index (χ4v) is 1.67. The lowest BCUT2D eigenvalue weighted by atomic mass is 10.0. The largest absolute Gasteiger partial charge is 0.480 e. The molecular weight excluding hydrogens is 280 g/mol. The number of carboxylic acid groups (broad SMARTS) is 2. The van der Waals surface area contributed by atoms with Crippen molar-refractivity contribution < 1.29 is 24.6 Å². The van der Waals surface area contributed by atoms with Crippen LogP contribution < -0.4 is 21.9 Å². The van der Waals surface area contributed by atoms with E-state index in [1.807, 2.05) is 13.8 Å². The SMILES string of the molecule is CC(C)C[C@H](NN[C@@H](CCCNC(N)=O)C(=O)O)C(=O)O. The van der Waals surface area contributed by atoms with Gasteiger partial charge in [0, 0.05) is 6.54 Å². The van der Waals surface area contributed by atoms with Gasteiger partial charge in [-0.05, 0) is 25.2 Å². The Balaban J connectivity index is 4.26. The predicted molar refractivity (Wildman–Crippen MR) is 75.4 cm³/mol. The molecule has 0 aromatic carbocycles. The van der Waals surface area contributed by atoms with E-state index in [-0.39, 0.29) is 18.9 Å². The summed E-state index contributed by atoms with van der Waals surface area (Å²) < 4.78 is 0. The molecule has 122 valence electrons. The number of carbonyl (C=O) groups excluding carboxylic acids is 1. The molecule has 0 rings (SSSR count). The maximum absolute atomic E-state index is 11.1. The topological polar surface area (TPSA) is 154 Å². The third-order valence-electron chi connectivity index (χ3n) is 2.70. The number of hydrogen-bond acceptors (Lipinski definition) is 5. The molecule has 7 N–H and O–H groups in total. The monoisotopic (exact) mass is 304 g/mol. The predicted octanol–water partition coefficient (Wildman–Crippen LogP) is -0.518. The minimum atomic E-state index is -1.10. The van der Waals surface area contributed by atoms with Gasteiger partial charge in [0.2, 0.25) is 0 Å². The zero-order valence-electron chi connectivity index (χ0n) is 12.3. The normalized spacial score (nSPS) is 13.7. The van der Waals surface area contributed by atoms with Crippen LogP contribution in [0.1, 0.15) is 33.1 Å². The molecule has 2 atom stereocenters. The average molecular weight is 304 g/mol. The van der Waals surface area contributed by atoms with Crippen molar-refractivity contribution in [2.45, 2.75) is 45.2 Å². The highest BCUT2D eigenvalue weighted by molar-refractivity contribution is 5.74. The summed E-state index contributed by atoms with van der Waals surface area (Å²) in [6.07, 6.45) is 0.991. The quantitative estimate of drug-likeness (QED) is 0.222. The summed E-state index contributed by atoms with van der Waals surface area (Å²) >= 11 is 0. The molecule has 0 spiro atoms. The highest BCUT2D eigenvalue weighted by Gasteiger charge is 2.22. The van der Waals surface area contributed by atoms with Crippen molar-refractivity contribution in [3.05, 3.63) is 0 Å². The van der Waals surface area contributed by atoms with Crippen molar-refractivity contribution in [3.63, 3.8) is 0 Å². The van der Waals surface area contributed by atoms with Crippen molar-refractivity contribution in [3.8, 4) is 0 Å². The van der Waals surface area contributed by atoms with Crippen molar-refractivity contribution in [2.24, 2.45) is 11.7 Å². The Labute approximate surface area is 123 Å². The molecule has 9 nitrogen and oxygen atoms in total. The van der Waals surface area contributed by atoms with E-state index in [1.54, 1.807) is 0 Å². The number of urea groups is 1. The molecule has 9 heteroatoms. The number of rotatable bonds is 11. The van der Waals surface area contributed by atoms with Crippen LogP contribution in [0.4, 0.5) is 4.79 Å². The van der Waals surface area contributed by atoms with Crippen molar-refractivity contribution in [1.29, 1.82) is 0 Å². The van der Waals surface area contributed by atoms with Crippen LogP contribution in [0.15, 0.2) is 0 Å². The van der Waals surface area contributed by atoms with Gasteiger partial charge in [-0.15, -0.1) is 0 Å². The van der Waals surface area contributed by atoms with Gasteiger partial charge in [0.1, 0.15) is 12.1 Å². The third kappa shape index (κ3) is 9.63. The summed E-state index contributed by atoms with van der Waals surface area (Å²) in [6, 6.07) is -2.49. The minimum Gasteiger partial charge on any atom is -0.480 e. The van der Waals surface area contributed by atoms with Crippen molar-refractivity contribution >= 4 is 18.0 Å². The first-order valence-electron chi connectivity index (χ1n) is 6.74. The van der Waals surface area contributed by atoms with E-state index in [1.165, 1.54) is 0 Å². The number of nitrogens with two attached hydrogens (primary N) is 1. The van der Waals surface area contributed by atoms with Crippen LogP contribution >= 0.6 is 0 Å². The van der Waals surface area contributed by atoms with Crippen LogP contribution in [-0.2, 0) is 9.59 Å². The van der Waals surface area contributed by atoms with E-state index in [0.717, 1.165) is 0 Å². The second kappa shape index (κ2) is 9.94. The summed E-state index contributed by atoms with van der Waals surface area (Å²) in [5, 5.41) is 20.4. The molecule has 0 aliphatic carbocycles. The first-order chi connectivity index (χ1) is 9.73. The Kier molecular flexibility index (Phi) is 9.06. The van der Waals surface area contributed by atoms with Crippen molar-refractivity contribution in [2.75, 3.05) is 6.54 Å². The van der Waals surface area contributed by atoms with Gasteiger partial charge in [-0.2, -0.15) is 0 Å². The second-order valence-corrected chi connectivity index (χ2v) is 5.13. The molecule has 0 aliphatic heterocycles. The van der Waals surface area contributed by atoms with Crippen LogP contribution in [0.3, 0.4) is 0 Å². The Morgan fingerprint density at radius 2 is 1.57 bits per heavy atom. The van der Waals surface area contributed by atoms with E-state index in [2.05, 4.69) is 16.2 Å². The number of hydrazine groups is 1. The Hall–Kier alpha value is -1.87. The highest BCUT2D eigenvalue weighted by atomic mass is 16.4. The molecule has 0 aromatic heterocycles. The van der Waals surface area contributed by atoms with E-state index in [9.17, 15) is 14.4 Å². The lowest BCUT2D eigenvalue weighted by molar-refractivity contribution is -0.143. The number of amides is 2. The summed E-state index contributed by atoms with van der Waals surface area (Å²) in [7, 11) is 0. The van der Waals surface area contributed by atoms with Crippen LogP contribution in [0, 0.1) is 5.92 Å². The van der Waals surface area contributed by atoms with Gasteiger partial charge in [-0.3, -0.25) is 9.59 Å². The second-order valence-electron chi connectivity index (χ2n) is 5.13. The summed E-state index contributed by atoms with van der Waals surface area (Å²) in [5.74, 6) is -1.99. The van der Waals surface area contributed by atoms with E-state index >= 15 is 0 Å². The number of hydrogen-bond donors (Lipinski definition) is 6. The molecule has 0 radical (unpaired) electrons. The lowest BCUT2D eigenvalue weighted by Crippen LogP contribution is -2.53. The molecule has 2 amide bonds. The summed E-state index contributed by atoms with van der Waals surface area (Å²) in [4.78, 5) is 32.6. The standard InChI is InChI=1S/C12H24N4O5/c1-7(2)6-9(11(19)20)16-15-8(10(17)18)4-3-5-14-12(13)21/h7-9,15-16H,3-6H2,1-2H3,(H,17,18)(H,19,20)(H3,13,14,21)/t8-,9-/m0/s1. The van der Waals surface area contributed by atoms with Crippen LogP contribution in [0.2, 0.25) is 0 Å². The number of nitrogens with one attached hydrogen (secondary N) is 3. The van der Waals surface area contributed by atoms with Crippen LogP contribution in [0.25, 0.3) is 0 Å². The van der Waals surface area contributed by atoms with Gasteiger partial charge in [0.05, 0.1) is 0 Å².